The third kappa shape index (κ3) is 5.07. The van der Waals surface area contributed by atoms with E-state index in [1.807, 2.05) is 0 Å². The molecular formula is C11H17N3O4. The van der Waals surface area contributed by atoms with E-state index in [1.54, 1.807) is 13.2 Å². The third-order valence-corrected chi connectivity index (χ3v) is 2.01. The van der Waals surface area contributed by atoms with E-state index in [9.17, 15) is 4.79 Å². The molecule has 1 N–H and O–H groups in total. The monoisotopic (exact) mass is 255 g/mol. The maximum Gasteiger partial charge on any atom is 0.376 e. The summed E-state index contributed by atoms with van der Waals surface area (Å²) in [5.74, 6) is 0.0264. The van der Waals surface area contributed by atoms with Gasteiger partial charge in [-0.15, -0.1) is 0 Å². The number of ether oxygens (including phenoxy) is 3. The number of carbonyl (C=O) groups is 1. The Hall–Kier alpha value is -1.73. The summed E-state index contributed by atoms with van der Waals surface area (Å²) in [6.45, 7) is 2.23. The Labute approximate surface area is 105 Å². The van der Waals surface area contributed by atoms with Crippen molar-refractivity contribution in [1.29, 1.82) is 0 Å². The predicted molar refractivity (Wildman–Crippen MR) is 64.6 cm³/mol. The summed E-state index contributed by atoms with van der Waals surface area (Å²) in [4.78, 5) is 19.0. The van der Waals surface area contributed by atoms with Gasteiger partial charge >= 0.3 is 5.97 Å². The van der Waals surface area contributed by atoms with Crippen molar-refractivity contribution >= 4 is 11.8 Å². The lowest BCUT2D eigenvalue weighted by Crippen LogP contribution is -2.14. The van der Waals surface area contributed by atoms with E-state index < -0.39 is 5.97 Å². The van der Waals surface area contributed by atoms with Gasteiger partial charge in [-0.1, -0.05) is 0 Å². The molecule has 18 heavy (non-hydrogen) atoms. The molecule has 0 saturated carbocycles. The maximum absolute atomic E-state index is 11.2. The molecule has 0 amide bonds. The first kappa shape index (κ1) is 14.3. The number of nitrogens with one attached hydrogen (secondary N) is 1. The molecule has 7 heteroatoms. The van der Waals surface area contributed by atoms with Gasteiger partial charge in [0, 0.05) is 19.9 Å². The summed E-state index contributed by atoms with van der Waals surface area (Å²) < 4.78 is 14.6. The molecular weight excluding hydrogens is 238 g/mol. The van der Waals surface area contributed by atoms with Crippen molar-refractivity contribution in [2.24, 2.45) is 0 Å². The lowest BCUT2D eigenvalue weighted by Gasteiger charge is -2.06. The standard InChI is InChI=1S/C11H17N3O4/c1-16-7-8-18-6-5-12-9-3-4-13-10(14-9)11(15)17-2/h3-4H,5-8H2,1-2H3,(H,12,13,14). The fraction of sp³-hybridized carbons (Fsp3) is 0.545. The quantitative estimate of drug-likeness (QED) is 0.529. The van der Waals surface area contributed by atoms with E-state index in [1.165, 1.54) is 13.3 Å². The van der Waals surface area contributed by atoms with Crippen molar-refractivity contribution < 1.29 is 19.0 Å². The Bertz CT molecular complexity index is 373. The highest BCUT2D eigenvalue weighted by Crippen LogP contribution is 2.02. The first-order chi connectivity index (χ1) is 8.77. The summed E-state index contributed by atoms with van der Waals surface area (Å²) >= 11 is 0. The molecule has 0 bridgehead atoms. The minimum atomic E-state index is -0.560. The van der Waals surface area contributed by atoms with Gasteiger partial charge < -0.3 is 19.5 Å². The molecule has 0 saturated heterocycles. The zero-order valence-electron chi connectivity index (χ0n) is 10.5. The highest BCUT2D eigenvalue weighted by molar-refractivity contribution is 5.85. The highest BCUT2D eigenvalue weighted by atomic mass is 16.5. The van der Waals surface area contributed by atoms with Crippen LogP contribution >= 0.6 is 0 Å². The van der Waals surface area contributed by atoms with Crippen LogP contribution < -0.4 is 5.32 Å². The number of nitrogens with zero attached hydrogens (tertiary/aromatic N) is 2. The SMILES string of the molecule is COCCOCCNc1ccnc(C(=O)OC)n1. The van der Waals surface area contributed by atoms with Crippen LogP contribution in [-0.2, 0) is 14.2 Å². The van der Waals surface area contributed by atoms with Crippen LogP contribution in [0, 0.1) is 0 Å². The first-order valence-electron chi connectivity index (χ1n) is 5.50. The Morgan fingerprint density at radius 1 is 1.33 bits per heavy atom. The Morgan fingerprint density at radius 2 is 2.17 bits per heavy atom. The maximum atomic E-state index is 11.2. The molecule has 0 atom stereocenters. The van der Waals surface area contributed by atoms with Crippen LogP contribution in [0.2, 0.25) is 0 Å². The van der Waals surface area contributed by atoms with E-state index in [4.69, 9.17) is 9.47 Å². The lowest BCUT2D eigenvalue weighted by molar-refractivity contribution is 0.0587. The van der Waals surface area contributed by atoms with E-state index in [0.29, 0.717) is 32.2 Å². The normalized spacial score (nSPS) is 10.1. The second-order valence-electron chi connectivity index (χ2n) is 3.29. The molecule has 0 unspecified atom stereocenters. The fourth-order valence-electron chi connectivity index (χ4n) is 1.14. The summed E-state index contributed by atoms with van der Waals surface area (Å²) in [5, 5.41) is 3.02. The van der Waals surface area contributed by atoms with Gasteiger partial charge in [0.25, 0.3) is 0 Å². The lowest BCUT2D eigenvalue weighted by atomic mass is 10.5. The van der Waals surface area contributed by atoms with Crippen LogP contribution in [0.25, 0.3) is 0 Å². The summed E-state index contributed by atoms with van der Waals surface area (Å²) in [7, 11) is 2.91. The second kappa shape index (κ2) is 8.37. The van der Waals surface area contributed by atoms with Gasteiger partial charge in [0.2, 0.25) is 5.82 Å². The Balaban J connectivity index is 2.32. The second-order valence-corrected chi connectivity index (χ2v) is 3.29. The minimum absolute atomic E-state index is 0.0304. The molecule has 100 valence electrons. The molecule has 1 aromatic heterocycles. The largest absolute Gasteiger partial charge is 0.463 e. The van der Waals surface area contributed by atoms with E-state index in [-0.39, 0.29) is 5.82 Å². The average molecular weight is 255 g/mol. The average Bonchev–Trinajstić information content (AvgIpc) is 2.42. The molecule has 1 aromatic rings. The number of hydrogen-bond donors (Lipinski definition) is 1. The van der Waals surface area contributed by atoms with Gasteiger partial charge in [0.05, 0.1) is 26.9 Å². The van der Waals surface area contributed by atoms with Gasteiger partial charge in [0.1, 0.15) is 5.82 Å². The van der Waals surface area contributed by atoms with Crippen LogP contribution in [0.3, 0.4) is 0 Å². The van der Waals surface area contributed by atoms with Crippen LogP contribution in [-0.4, -0.2) is 56.5 Å². The van der Waals surface area contributed by atoms with E-state index >= 15 is 0 Å². The molecule has 0 fully saturated rings. The van der Waals surface area contributed by atoms with Crippen LogP contribution in [0.1, 0.15) is 10.6 Å². The summed E-state index contributed by atoms with van der Waals surface area (Å²) in [5.41, 5.74) is 0. The molecule has 0 aliphatic carbocycles. The number of aromatic nitrogens is 2. The third-order valence-electron chi connectivity index (χ3n) is 2.01. The highest BCUT2D eigenvalue weighted by Gasteiger charge is 2.08. The minimum Gasteiger partial charge on any atom is -0.463 e. The van der Waals surface area contributed by atoms with Crippen molar-refractivity contribution in [2.45, 2.75) is 0 Å². The van der Waals surface area contributed by atoms with Gasteiger partial charge in [-0.25, -0.2) is 14.8 Å². The molecule has 7 nitrogen and oxygen atoms in total. The number of hydrogen-bond acceptors (Lipinski definition) is 7. The molecule has 0 aliphatic heterocycles. The first-order valence-corrected chi connectivity index (χ1v) is 5.50. The van der Waals surface area contributed by atoms with Crippen molar-refractivity contribution in [2.75, 3.05) is 45.9 Å². The molecule has 1 rings (SSSR count). The van der Waals surface area contributed by atoms with Crippen LogP contribution in [0.5, 0.6) is 0 Å². The Kier molecular flexibility index (Phi) is 6.67. The number of esters is 1. The van der Waals surface area contributed by atoms with Crippen molar-refractivity contribution in [3.8, 4) is 0 Å². The molecule has 1 heterocycles. The van der Waals surface area contributed by atoms with Crippen LogP contribution in [0.15, 0.2) is 12.3 Å². The van der Waals surface area contributed by atoms with E-state index in [2.05, 4.69) is 20.0 Å². The number of rotatable bonds is 8. The topological polar surface area (TPSA) is 82.6 Å². The van der Waals surface area contributed by atoms with E-state index in [0.717, 1.165) is 0 Å². The van der Waals surface area contributed by atoms with Crippen molar-refractivity contribution in [3.63, 3.8) is 0 Å². The van der Waals surface area contributed by atoms with Crippen molar-refractivity contribution in [3.05, 3.63) is 18.1 Å². The zero-order valence-corrected chi connectivity index (χ0v) is 10.5. The summed E-state index contributed by atoms with van der Waals surface area (Å²) in [6.07, 6.45) is 1.49. The zero-order chi connectivity index (χ0) is 13.2. The smallest absolute Gasteiger partial charge is 0.376 e. The van der Waals surface area contributed by atoms with Gasteiger partial charge in [-0.05, 0) is 6.07 Å². The number of carbonyl (C=O) groups excluding carboxylic acids is 1. The van der Waals surface area contributed by atoms with Gasteiger partial charge in [-0.3, -0.25) is 0 Å². The van der Waals surface area contributed by atoms with Crippen molar-refractivity contribution in [1.82, 2.24) is 9.97 Å². The molecule has 0 aromatic carbocycles. The molecule has 0 radical (unpaired) electrons. The predicted octanol–water partition coefficient (Wildman–Crippen LogP) is 0.338. The number of methoxy groups -OCH3 is 2. The van der Waals surface area contributed by atoms with Crippen LogP contribution in [0.4, 0.5) is 5.82 Å². The fourth-order valence-corrected chi connectivity index (χ4v) is 1.14. The Morgan fingerprint density at radius 3 is 2.89 bits per heavy atom. The molecule has 0 aliphatic rings. The van der Waals surface area contributed by atoms with Gasteiger partial charge in [-0.2, -0.15) is 0 Å². The molecule has 0 spiro atoms. The van der Waals surface area contributed by atoms with Gasteiger partial charge in [0.15, 0.2) is 0 Å². The summed E-state index contributed by atoms with van der Waals surface area (Å²) in [6, 6.07) is 1.67. The number of anilines is 1.